The van der Waals surface area contributed by atoms with Crippen LogP contribution in [0.4, 0.5) is 8.78 Å². The predicted octanol–water partition coefficient (Wildman–Crippen LogP) is 3.20. The van der Waals surface area contributed by atoms with Crippen LogP contribution in [0.5, 0.6) is 5.75 Å². The zero-order chi connectivity index (χ0) is 18.0. The number of ether oxygens (including phenoxy) is 1. The number of nitrogens with zero attached hydrogens (tertiary/aromatic N) is 2. The van der Waals surface area contributed by atoms with Crippen LogP contribution in [-0.2, 0) is 0 Å². The lowest BCUT2D eigenvalue weighted by molar-refractivity contribution is 0.0893. The van der Waals surface area contributed by atoms with Crippen LogP contribution < -0.4 is 10.1 Å². The van der Waals surface area contributed by atoms with Crippen molar-refractivity contribution in [2.24, 2.45) is 0 Å². The largest absolute Gasteiger partial charge is 0.497 e. The highest BCUT2D eigenvalue weighted by Crippen LogP contribution is 2.32. The summed E-state index contributed by atoms with van der Waals surface area (Å²) in [5, 5.41) is 6.56. The summed E-state index contributed by atoms with van der Waals surface area (Å²) in [5.41, 5.74) is 1.92. The fourth-order valence-electron chi connectivity index (χ4n) is 2.49. The molecule has 3 rings (SSSR count). The molecule has 1 amide bonds. The lowest BCUT2D eigenvalue weighted by atomic mass is 10.0. The van der Waals surface area contributed by atoms with Crippen LogP contribution in [0, 0.1) is 6.92 Å². The molecule has 2 aromatic heterocycles. The number of alkyl halides is 2. The zero-order valence-electron chi connectivity index (χ0n) is 13.5. The number of nitrogens with one attached hydrogen (secondary N) is 1. The average molecular weight is 347 g/mol. The predicted molar refractivity (Wildman–Crippen MR) is 86.9 cm³/mol. The van der Waals surface area contributed by atoms with E-state index in [4.69, 9.17) is 9.26 Å². The van der Waals surface area contributed by atoms with E-state index >= 15 is 0 Å². The molecule has 6 nitrogen and oxygen atoms in total. The first kappa shape index (κ1) is 16.8. The molecule has 0 atom stereocenters. The number of aromatic nitrogens is 2. The molecule has 25 heavy (non-hydrogen) atoms. The van der Waals surface area contributed by atoms with Crippen LogP contribution in [0.15, 0.2) is 34.9 Å². The molecule has 0 saturated heterocycles. The number of pyridine rings is 1. The third-order valence-corrected chi connectivity index (χ3v) is 3.58. The Morgan fingerprint density at radius 1 is 1.36 bits per heavy atom. The van der Waals surface area contributed by atoms with Crippen molar-refractivity contribution >= 4 is 17.0 Å². The Morgan fingerprint density at radius 3 is 2.88 bits per heavy atom. The van der Waals surface area contributed by atoms with Crippen LogP contribution in [0.1, 0.15) is 16.1 Å². The molecule has 3 aromatic rings. The Bertz CT molecular complexity index is 925. The van der Waals surface area contributed by atoms with E-state index in [9.17, 15) is 13.6 Å². The van der Waals surface area contributed by atoms with Crippen LogP contribution >= 0.6 is 0 Å². The van der Waals surface area contributed by atoms with Crippen LogP contribution in [0.25, 0.3) is 22.4 Å². The van der Waals surface area contributed by atoms with E-state index in [-0.39, 0.29) is 11.3 Å². The number of fused-ring (bicyclic) bond motifs is 1. The van der Waals surface area contributed by atoms with Crippen molar-refractivity contribution in [3.05, 3.63) is 41.6 Å². The maximum atomic E-state index is 12.4. The summed E-state index contributed by atoms with van der Waals surface area (Å²) in [6.45, 7) is 0.943. The number of aryl methyl sites for hydroxylation is 1. The number of rotatable bonds is 5. The first-order valence-corrected chi connectivity index (χ1v) is 7.47. The third kappa shape index (κ3) is 3.42. The van der Waals surface area contributed by atoms with E-state index in [0.29, 0.717) is 28.1 Å². The minimum absolute atomic E-state index is 0.167. The van der Waals surface area contributed by atoms with Gasteiger partial charge in [0.2, 0.25) is 0 Å². The minimum atomic E-state index is -2.64. The van der Waals surface area contributed by atoms with Gasteiger partial charge in [0.15, 0.2) is 0 Å². The van der Waals surface area contributed by atoms with E-state index in [1.807, 2.05) is 0 Å². The molecule has 0 unspecified atom stereocenters. The van der Waals surface area contributed by atoms with E-state index in [2.05, 4.69) is 15.5 Å². The van der Waals surface area contributed by atoms with E-state index in [0.717, 1.165) is 0 Å². The van der Waals surface area contributed by atoms with Gasteiger partial charge in [-0.2, -0.15) is 0 Å². The van der Waals surface area contributed by atoms with Crippen molar-refractivity contribution in [1.29, 1.82) is 0 Å². The van der Waals surface area contributed by atoms with Gasteiger partial charge < -0.3 is 14.6 Å². The smallest absolute Gasteiger partial charge is 0.259 e. The Kier molecular flexibility index (Phi) is 4.60. The molecule has 0 radical (unpaired) electrons. The maximum Gasteiger partial charge on any atom is 0.259 e. The Balaban J connectivity index is 2.13. The molecule has 8 heteroatoms. The molecule has 1 aromatic carbocycles. The van der Waals surface area contributed by atoms with Gasteiger partial charge in [-0.1, -0.05) is 17.3 Å². The van der Waals surface area contributed by atoms with Crippen molar-refractivity contribution in [2.75, 3.05) is 13.7 Å². The normalized spacial score (nSPS) is 11.1. The number of carbonyl (C=O) groups excluding carboxylic acids is 1. The Morgan fingerprint density at radius 2 is 2.16 bits per heavy atom. The van der Waals surface area contributed by atoms with Crippen molar-refractivity contribution in [3.8, 4) is 17.0 Å². The van der Waals surface area contributed by atoms with Crippen molar-refractivity contribution in [1.82, 2.24) is 15.5 Å². The number of methoxy groups -OCH3 is 1. The summed E-state index contributed by atoms with van der Waals surface area (Å²) < 4.78 is 35.2. The van der Waals surface area contributed by atoms with Gasteiger partial charge in [-0.05, 0) is 25.1 Å². The lowest BCUT2D eigenvalue weighted by Crippen LogP contribution is -2.28. The SMILES string of the molecule is COc1cccc(-c2noc3nc(C)cc(C(=O)NCC(F)F)c23)c1. The topological polar surface area (TPSA) is 77.2 Å². The highest BCUT2D eigenvalue weighted by Gasteiger charge is 2.21. The summed E-state index contributed by atoms with van der Waals surface area (Å²) in [5.74, 6) is -0.0273. The van der Waals surface area contributed by atoms with Gasteiger partial charge >= 0.3 is 0 Å². The number of hydrogen-bond acceptors (Lipinski definition) is 5. The van der Waals surface area contributed by atoms with Crippen LogP contribution in [0.2, 0.25) is 0 Å². The van der Waals surface area contributed by atoms with E-state index in [1.54, 1.807) is 31.2 Å². The number of hydrogen-bond donors (Lipinski definition) is 1. The van der Waals surface area contributed by atoms with Gasteiger partial charge in [0.1, 0.15) is 11.4 Å². The Hall–Kier alpha value is -3.03. The van der Waals surface area contributed by atoms with Crippen molar-refractivity contribution in [2.45, 2.75) is 13.3 Å². The molecular formula is C17H15F2N3O3. The van der Waals surface area contributed by atoms with Crippen molar-refractivity contribution < 1.29 is 22.8 Å². The average Bonchev–Trinajstić information content (AvgIpc) is 3.02. The molecule has 0 aliphatic carbocycles. The van der Waals surface area contributed by atoms with Crippen molar-refractivity contribution in [3.63, 3.8) is 0 Å². The number of amides is 1. The second-order valence-electron chi connectivity index (χ2n) is 5.36. The Labute approximate surface area is 141 Å². The molecule has 0 fully saturated rings. The van der Waals surface area contributed by atoms with Gasteiger partial charge in [-0.3, -0.25) is 4.79 Å². The minimum Gasteiger partial charge on any atom is -0.497 e. The highest BCUT2D eigenvalue weighted by atomic mass is 19.3. The second kappa shape index (κ2) is 6.84. The first-order chi connectivity index (χ1) is 12.0. The van der Waals surface area contributed by atoms with Gasteiger partial charge in [0, 0.05) is 11.3 Å². The monoisotopic (exact) mass is 347 g/mol. The van der Waals surface area contributed by atoms with E-state index < -0.39 is 18.9 Å². The summed E-state index contributed by atoms with van der Waals surface area (Å²) in [4.78, 5) is 16.6. The quantitative estimate of drug-likeness (QED) is 0.767. The molecule has 1 N–H and O–H groups in total. The number of carbonyl (C=O) groups is 1. The van der Waals surface area contributed by atoms with Crippen LogP contribution in [-0.4, -0.2) is 36.1 Å². The summed E-state index contributed by atoms with van der Waals surface area (Å²) in [6, 6.07) is 8.57. The standard InChI is InChI=1S/C17H15F2N3O3/c1-9-6-12(16(23)20-8-13(18)19)14-15(22-25-17(14)21-9)10-4-3-5-11(7-10)24-2/h3-7,13H,8H2,1-2H3,(H,20,23). The molecular weight excluding hydrogens is 332 g/mol. The number of benzene rings is 1. The highest BCUT2D eigenvalue weighted by molar-refractivity contribution is 6.09. The maximum absolute atomic E-state index is 12.4. The fourth-order valence-corrected chi connectivity index (χ4v) is 2.49. The first-order valence-electron chi connectivity index (χ1n) is 7.47. The summed E-state index contributed by atoms with van der Waals surface area (Å²) >= 11 is 0. The fraction of sp³-hybridized carbons (Fsp3) is 0.235. The lowest BCUT2D eigenvalue weighted by Gasteiger charge is -2.07. The zero-order valence-corrected chi connectivity index (χ0v) is 13.5. The van der Waals surface area contributed by atoms with Gasteiger partial charge in [0.25, 0.3) is 18.0 Å². The summed E-state index contributed by atoms with van der Waals surface area (Å²) in [7, 11) is 1.54. The van der Waals surface area contributed by atoms with Gasteiger partial charge in [-0.25, -0.2) is 13.8 Å². The molecule has 2 heterocycles. The second-order valence-corrected chi connectivity index (χ2v) is 5.36. The molecule has 0 spiro atoms. The van der Waals surface area contributed by atoms with Crippen LogP contribution in [0.3, 0.4) is 0 Å². The molecule has 0 aliphatic heterocycles. The molecule has 0 bridgehead atoms. The third-order valence-electron chi connectivity index (χ3n) is 3.58. The van der Waals surface area contributed by atoms with Gasteiger partial charge in [-0.15, -0.1) is 0 Å². The van der Waals surface area contributed by atoms with E-state index in [1.165, 1.54) is 13.2 Å². The molecule has 0 saturated carbocycles. The molecule has 130 valence electrons. The number of halogens is 2. The molecule has 0 aliphatic rings. The van der Waals surface area contributed by atoms with Gasteiger partial charge in [0.05, 0.1) is 24.6 Å². The summed E-state index contributed by atoms with van der Waals surface area (Å²) in [6.07, 6.45) is -2.64.